The van der Waals surface area contributed by atoms with Crippen LogP contribution in [0.5, 0.6) is 5.75 Å². The molecule has 0 aliphatic carbocycles. The highest BCUT2D eigenvalue weighted by atomic mass is 19.1. The van der Waals surface area contributed by atoms with Crippen molar-refractivity contribution in [3.05, 3.63) is 66.1 Å². The molecule has 1 N–H and O–H groups in total. The van der Waals surface area contributed by atoms with Crippen molar-refractivity contribution in [2.24, 2.45) is 5.92 Å². The Hall–Kier alpha value is -3.15. The summed E-state index contributed by atoms with van der Waals surface area (Å²) in [6.45, 7) is 2.10. The van der Waals surface area contributed by atoms with E-state index in [9.17, 15) is 9.18 Å². The summed E-state index contributed by atoms with van der Waals surface area (Å²) in [7, 11) is 1.64. The fraction of sp³-hybridized carbons (Fsp3) is 0.304. The maximum Gasteiger partial charge on any atom is 0.223 e. The number of methoxy groups -OCH3 is 1. The molecule has 0 bridgehead atoms. The fourth-order valence-corrected chi connectivity index (χ4v) is 3.84. The van der Waals surface area contributed by atoms with Gasteiger partial charge in [-0.3, -0.25) is 9.78 Å². The lowest BCUT2D eigenvalue weighted by Gasteiger charge is -2.33. The van der Waals surface area contributed by atoms with Gasteiger partial charge in [0.2, 0.25) is 5.91 Å². The van der Waals surface area contributed by atoms with Crippen LogP contribution in [0.3, 0.4) is 0 Å². The van der Waals surface area contributed by atoms with Crippen molar-refractivity contribution in [1.82, 2.24) is 10.3 Å². The van der Waals surface area contributed by atoms with E-state index >= 15 is 0 Å². The number of halogens is 1. The van der Waals surface area contributed by atoms with E-state index in [4.69, 9.17) is 4.74 Å². The number of rotatable bonds is 5. The number of aromatic nitrogens is 1. The van der Waals surface area contributed by atoms with Crippen LogP contribution in [0, 0.1) is 11.7 Å². The smallest absolute Gasteiger partial charge is 0.223 e. The van der Waals surface area contributed by atoms with Crippen molar-refractivity contribution in [2.45, 2.75) is 19.4 Å². The van der Waals surface area contributed by atoms with Crippen molar-refractivity contribution in [3.63, 3.8) is 0 Å². The Balaban J connectivity index is 1.35. The molecule has 3 aromatic rings. The number of amides is 1. The summed E-state index contributed by atoms with van der Waals surface area (Å²) in [6, 6.07) is 14.4. The molecule has 5 nitrogen and oxygen atoms in total. The fourth-order valence-electron chi connectivity index (χ4n) is 3.84. The van der Waals surface area contributed by atoms with Crippen LogP contribution in [0.15, 0.2) is 54.7 Å². The third-order valence-corrected chi connectivity index (χ3v) is 5.51. The monoisotopic (exact) mass is 393 g/mol. The molecular weight excluding hydrogens is 369 g/mol. The molecule has 1 aliphatic heterocycles. The van der Waals surface area contributed by atoms with E-state index in [1.54, 1.807) is 19.4 Å². The maximum atomic E-state index is 13.5. The highest BCUT2D eigenvalue weighted by Crippen LogP contribution is 2.29. The molecule has 0 atom stereocenters. The Kier molecular flexibility index (Phi) is 5.60. The number of ether oxygens (including phenoxy) is 1. The van der Waals surface area contributed by atoms with Crippen LogP contribution in [0.2, 0.25) is 0 Å². The number of hydrogen-bond donors (Lipinski definition) is 1. The van der Waals surface area contributed by atoms with E-state index in [1.807, 2.05) is 30.3 Å². The summed E-state index contributed by atoms with van der Waals surface area (Å²) in [5, 5.41) is 3.99. The number of nitrogens with zero attached hydrogens (tertiary/aromatic N) is 2. The lowest BCUT2D eigenvalue weighted by atomic mass is 9.95. The molecule has 1 amide bonds. The van der Waals surface area contributed by atoms with Gasteiger partial charge in [-0.05, 0) is 48.7 Å². The van der Waals surface area contributed by atoms with Gasteiger partial charge in [-0.2, -0.15) is 0 Å². The van der Waals surface area contributed by atoms with Crippen molar-refractivity contribution in [1.29, 1.82) is 0 Å². The second-order valence-corrected chi connectivity index (χ2v) is 7.32. The highest BCUT2D eigenvalue weighted by molar-refractivity contribution is 5.91. The SMILES string of the molecule is COc1ccc(CNC(=O)C2CCN(c3ccnc4cc(F)ccc34)CC2)cc1. The van der Waals surface area contributed by atoms with E-state index in [0.717, 1.165) is 48.3 Å². The molecule has 1 saturated heterocycles. The molecule has 0 saturated carbocycles. The number of anilines is 1. The molecule has 150 valence electrons. The zero-order valence-electron chi connectivity index (χ0n) is 16.4. The number of carbonyl (C=O) groups is 1. The minimum Gasteiger partial charge on any atom is -0.497 e. The predicted molar refractivity (Wildman–Crippen MR) is 111 cm³/mol. The first kappa shape index (κ1) is 19.2. The number of carbonyl (C=O) groups excluding carboxylic acids is 1. The third-order valence-electron chi connectivity index (χ3n) is 5.51. The van der Waals surface area contributed by atoms with Gasteiger partial charge in [0.25, 0.3) is 0 Å². The molecule has 6 heteroatoms. The van der Waals surface area contributed by atoms with Gasteiger partial charge in [0.05, 0.1) is 12.6 Å². The second kappa shape index (κ2) is 8.47. The van der Waals surface area contributed by atoms with Crippen LogP contribution in [0.25, 0.3) is 10.9 Å². The van der Waals surface area contributed by atoms with Gasteiger partial charge in [0.1, 0.15) is 11.6 Å². The van der Waals surface area contributed by atoms with E-state index in [-0.39, 0.29) is 17.6 Å². The van der Waals surface area contributed by atoms with Gasteiger partial charge in [0, 0.05) is 48.9 Å². The van der Waals surface area contributed by atoms with Crippen LogP contribution in [0.1, 0.15) is 18.4 Å². The summed E-state index contributed by atoms with van der Waals surface area (Å²) in [4.78, 5) is 19.1. The average molecular weight is 393 g/mol. The summed E-state index contributed by atoms with van der Waals surface area (Å²) in [5.41, 5.74) is 2.75. The lowest BCUT2D eigenvalue weighted by Crippen LogP contribution is -2.40. The Labute approximate surface area is 169 Å². The highest BCUT2D eigenvalue weighted by Gasteiger charge is 2.25. The van der Waals surface area contributed by atoms with Gasteiger partial charge < -0.3 is 15.0 Å². The van der Waals surface area contributed by atoms with Gasteiger partial charge >= 0.3 is 0 Å². The molecule has 0 unspecified atom stereocenters. The third kappa shape index (κ3) is 4.31. The zero-order valence-corrected chi connectivity index (χ0v) is 16.4. The van der Waals surface area contributed by atoms with Crippen molar-refractivity contribution < 1.29 is 13.9 Å². The zero-order chi connectivity index (χ0) is 20.2. The molecule has 0 radical (unpaired) electrons. The van der Waals surface area contributed by atoms with Gasteiger partial charge in [0.15, 0.2) is 0 Å². The number of benzene rings is 2. The lowest BCUT2D eigenvalue weighted by molar-refractivity contribution is -0.125. The Morgan fingerprint density at radius 3 is 2.66 bits per heavy atom. The predicted octanol–water partition coefficient (Wildman–Crippen LogP) is 3.92. The van der Waals surface area contributed by atoms with Crippen LogP contribution < -0.4 is 15.0 Å². The Morgan fingerprint density at radius 1 is 1.17 bits per heavy atom. The molecule has 1 aromatic heterocycles. The van der Waals surface area contributed by atoms with Crippen LogP contribution in [0.4, 0.5) is 10.1 Å². The normalized spacial score (nSPS) is 14.8. The number of hydrogen-bond acceptors (Lipinski definition) is 4. The van der Waals surface area contributed by atoms with Crippen LogP contribution >= 0.6 is 0 Å². The van der Waals surface area contributed by atoms with E-state index < -0.39 is 0 Å². The maximum absolute atomic E-state index is 13.5. The summed E-state index contributed by atoms with van der Waals surface area (Å²) < 4.78 is 18.6. The quantitative estimate of drug-likeness (QED) is 0.714. The topological polar surface area (TPSA) is 54.5 Å². The molecule has 1 fully saturated rings. The van der Waals surface area contributed by atoms with E-state index in [0.29, 0.717) is 12.1 Å². The number of piperidine rings is 1. The van der Waals surface area contributed by atoms with Crippen LogP contribution in [-0.4, -0.2) is 31.1 Å². The number of pyridine rings is 1. The average Bonchev–Trinajstić information content (AvgIpc) is 2.77. The van der Waals surface area contributed by atoms with Gasteiger partial charge in [-0.1, -0.05) is 12.1 Å². The van der Waals surface area contributed by atoms with Crippen molar-refractivity contribution >= 4 is 22.5 Å². The van der Waals surface area contributed by atoms with Crippen LogP contribution in [-0.2, 0) is 11.3 Å². The molecular formula is C23H24FN3O2. The summed E-state index contributed by atoms with van der Waals surface area (Å²) in [6.07, 6.45) is 3.30. The first-order valence-electron chi connectivity index (χ1n) is 9.84. The standard InChI is InChI=1S/C23H24FN3O2/c1-29-19-5-2-16(3-6-19)15-26-23(28)17-9-12-27(13-10-17)22-8-11-25-21-14-18(24)4-7-20(21)22/h2-8,11,14,17H,9-10,12-13,15H2,1H3,(H,26,28). The minimum absolute atomic E-state index is 0.00930. The molecule has 2 heterocycles. The van der Waals surface area contributed by atoms with E-state index in [1.165, 1.54) is 12.1 Å². The molecule has 4 rings (SSSR count). The second-order valence-electron chi connectivity index (χ2n) is 7.32. The van der Waals surface area contributed by atoms with Gasteiger partial charge in [-0.15, -0.1) is 0 Å². The summed E-state index contributed by atoms with van der Waals surface area (Å²) in [5.74, 6) is 0.630. The first-order chi connectivity index (χ1) is 14.1. The molecule has 2 aromatic carbocycles. The van der Waals surface area contributed by atoms with E-state index in [2.05, 4.69) is 15.2 Å². The first-order valence-corrected chi connectivity index (χ1v) is 9.84. The molecule has 29 heavy (non-hydrogen) atoms. The van der Waals surface area contributed by atoms with Gasteiger partial charge in [-0.25, -0.2) is 4.39 Å². The number of nitrogens with one attached hydrogen (secondary N) is 1. The molecule has 0 spiro atoms. The molecule has 1 aliphatic rings. The largest absolute Gasteiger partial charge is 0.497 e. The summed E-state index contributed by atoms with van der Waals surface area (Å²) >= 11 is 0. The Morgan fingerprint density at radius 2 is 1.93 bits per heavy atom. The number of fused-ring (bicyclic) bond motifs is 1. The Bertz CT molecular complexity index is 999. The van der Waals surface area contributed by atoms with Crippen molar-refractivity contribution in [3.8, 4) is 5.75 Å². The van der Waals surface area contributed by atoms with Crippen molar-refractivity contribution in [2.75, 3.05) is 25.1 Å². The minimum atomic E-state index is -0.283.